The molecule has 0 radical (unpaired) electrons. The summed E-state index contributed by atoms with van der Waals surface area (Å²) in [6, 6.07) is 11.1. The van der Waals surface area contributed by atoms with Crippen molar-refractivity contribution in [1.82, 2.24) is 4.72 Å². The standard InChI is InChI=1S/C17H18FNO3S/c1-22-15-4-2-3-12(9-15)11-23(20,21)19-17-8-6-13-5-7-14(18)10-16(13)17/h2-5,7,9-10,17,19H,6,8,11H2,1H3/t17-/m1/s1. The monoisotopic (exact) mass is 335 g/mol. The molecule has 0 aromatic heterocycles. The predicted molar refractivity (Wildman–Crippen MR) is 86.2 cm³/mol. The van der Waals surface area contributed by atoms with Gasteiger partial charge in [0.2, 0.25) is 10.0 Å². The van der Waals surface area contributed by atoms with Crippen LogP contribution >= 0.6 is 0 Å². The van der Waals surface area contributed by atoms with E-state index >= 15 is 0 Å². The van der Waals surface area contributed by atoms with Crippen LogP contribution in [0, 0.1) is 5.82 Å². The van der Waals surface area contributed by atoms with E-state index in [-0.39, 0.29) is 17.6 Å². The van der Waals surface area contributed by atoms with Crippen molar-refractivity contribution in [2.24, 2.45) is 0 Å². The molecule has 0 saturated heterocycles. The zero-order valence-corrected chi connectivity index (χ0v) is 13.6. The molecule has 1 N–H and O–H groups in total. The smallest absolute Gasteiger partial charge is 0.216 e. The minimum Gasteiger partial charge on any atom is -0.497 e. The average Bonchev–Trinajstić information content (AvgIpc) is 2.88. The topological polar surface area (TPSA) is 55.4 Å². The Morgan fingerprint density at radius 3 is 2.87 bits per heavy atom. The maximum Gasteiger partial charge on any atom is 0.216 e. The minimum absolute atomic E-state index is 0.134. The second-order valence-electron chi connectivity index (χ2n) is 5.66. The maximum atomic E-state index is 13.4. The SMILES string of the molecule is COc1cccc(CS(=O)(=O)N[C@@H]2CCc3ccc(F)cc32)c1. The first-order valence-corrected chi connectivity index (χ1v) is 9.03. The molecule has 3 rings (SSSR count). The Morgan fingerprint density at radius 2 is 2.09 bits per heavy atom. The number of aryl methyl sites for hydroxylation is 1. The van der Waals surface area contributed by atoms with Crippen LogP contribution in [0.2, 0.25) is 0 Å². The number of methoxy groups -OCH3 is 1. The highest BCUT2D eigenvalue weighted by Gasteiger charge is 2.27. The van der Waals surface area contributed by atoms with Crippen molar-refractivity contribution >= 4 is 10.0 Å². The lowest BCUT2D eigenvalue weighted by Crippen LogP contribution is -2.28. The first-order valence-electron chi connectivity index (χ1n) is 7.38. The van der Waals surface area contributed by atoms with Gasteiger partial charge in [-0.15, -0.1) is 0 Å². The molecule has 0 fully saturated rings. The van der Waals surface area contributed by atoms with E-state index in [4.69, 9.17) is 4.74 Å². The second-order valence-corrected chi connectivity index (χ2v) is 7.42. The number of fused-ring (bicyclic) bond motifs is 1. The first-order chi connectivity index (χ1) is 11.0. The van der Waals surface area contributed by atoms with Gasteiger partial charge >= 0.3 is 0 Å². The summed E-state index contributed by atoms with van der Waals surface area (Å²) in [7, 11) is -1.99. The van der Waals surface area contributed by atoms with Crippen molar-refractivity contribution < 1.29 is 17.5 Å². The number of hydrogen-bond acceptors (Lipinski definition) is 3. The Hall–Kier alpha value is -1.92. The molecule has 122 valence electrons. The number of ether oxygens (including phenoxy) is 1. The molecule has 0 aliphatic heterocycles. The molecule has 23 heavy (non-hydrogen) atoms. The van der Waals surface area contributed by atoms with E-state index in [1.165, 1.54) is 19.2 Å². The lowest BCUT2D eigenvalue weighted by Gasteiger charge is -2.15. The Balaban J connectivity index is 1.76. The van der Waals surface area contributed by atoms with Gasteiger partial charge in [-0.2, -0.15) is 0 Å². The number of rotatable bonds is 5. The Kier molecular flexibility index (Phi) is 4.37. The van der Waals surface area contributed by atoms with Gasteiger partial charge in [0, 0.05) is 6.04 Å². The van der Waals surface area contributed by atoms with Gasteiger partial charge in [0.15, 0.2) is 0 Å². The molecule has 1 aliphatic rings. The summed E-state index contributed by atoms with van der Waals surface area (Å²) in [5.41, 5.74) is 2.38. The summed E-state index contributed by atoms with van der Waals surface area (Å²) >= 11 is 0. The van der Waals surface area contributed by atoms with Crippen molar-refractivity contribution in [3.8, 4) is 5.75 Å². The molecule has 0 spiro atoms. The lowest BCUT2D eigenvalue weighted by atomic mass is 10.1. The van der Waals surface area contributed by atoms with Crippen LogP contribution in [0.5, 0.6) is 5.75 Å². The van der Waals surface area contributed by atoms with E-state index in [0.717, 1.165) is 17.5 Å². The molecule has 0 saturated carbocycles. The van der Waals surface area contributed by atoms with Crippen LogP contribution in [0.25, 0.3) is 0 Å². The van der Waals surface area contributed by atoms with Crippen LogP contribution in [-0.4, -0.2) is 15.5 Å². The molecule has 4 nitrogen and oxygen atoms in total. The van der Waals surface area contributed by atoms with Crippen molar-refractivity contribution in [2.45, 2.75) is 24.6 Å². The number of sulfonamides is 1. The van der Waals surface area contributed by atoms with Gasteiger partial charge in [0.1, 0.15) is 11.6 Å². The highest BCUT2D eigenvalue weighted by molar-refractivity contribution is 7.88. The summed E-state index contributed by atoms with van der Waals surface area (Å²) in [5, 5.41) is 0. The van der Waals surface area contributed by atoms with Gasteiger partial charge in [0.05, 0.1) is 12.9 Å². The van der Waals surface area contributed by atoms with Crippen molar-refractivity contribution in [1.29, 1.82) is 0 Å². The number of hydrogen-bond donors (Lipinski definition) is 1. The summed E-state index contributed by atoms with van der Waals surface area (Å²) in [5.74, 6) is 0.138. The molecule has 0 unspecified atom stereocenters. The van der Waals surface area contributed by atoms with E-state index in [1.54, 1.807) is 30.3 Å². The van der Waals surface area contributed by atoms with E-state index in [9.17, 15) is 12.8 Å². The van der Waals surface area contributed by atoms with Crippen molar-refractivity contribution in [3.63, 3.8) is 0 Å². The Morgan fingerprint density at radius 1 is 1.26 bits per heavy atom. The fourth-order valence-corrected chi connectivity index (χ4v) is 4.32. The van der Waals surface area contributed by atoms with E-state index < -0.39 is 10.0 Å². The number of benzene rings is 2. The summed E-state index contributed by atoms with van der Waals surface area (Å²) in [6.45, 7) is 0. The van der Waals surface area contributed by atoms with Gasteiger partial charge in [-0.3, -0.25) is 0 Å². The van der Waals surface area contributed by atoms with Crippen LogP contribution < -0.4 is 9.46 Å². The zero-order valence-electron chi connectivity index (χ0n) is 12.8. The van der Waals surface area contributed by atoms with E-state index in [1.807, 2.05) is 0 Å². The molecular weight excluding hydrogens is 317 g/mol. The summed E-state index contributed by atoms with van der Waals surface area (Å²) in [4.78, 5) is 0. The van der Waals surface area contributed by atoms with Crippen LogP contribution in [0.15, 0.2) is 42.5 Å². The second kappa shape index (κ2) is 6.29. The fourth-order valence-electron chi connectivity index (χ4n) is 2.94. The zero-order chi connectivity index (χ0) is 16.4. The third kappa shape index (κ3) is 3.71. The van der Waals surface area contributed by atoms with Gasteiger partial charge in [-0.05, 0) is 53.8 Å². The third-order valence-electron chi connectivity index (χ3n) is 4.00. The largest absolute Gasteiger partial charge is 0.497 e. The quantitative estimate of drug-likeness (QED) is 0.914. The van der Waals surface area contributed by atoms with E-state index in [2.05, 4.69) is 4.72 Å². The molecule has 6 heteroatoms. The number of halogens is 1. The Bertz CT molecular complexity index is 820. The molecule has 0 heterocycles. The Labute approximate surface area is 135 Å². The van der Waals surface area contributed by atoms with Crippen LogP contribution in [-0.2, 0) is 22.2 Å². The van der Waals surface area contributed by atoms with Gasteiger partial charge in [0.25, 0.3) is 0 Å². The van der Waals surface area contributed by atoms with Gasteiger partial charge in [-0.1, -0.05) is 18.2 Å². The molecule has 0 amide bonds. The predicted octanol–water partition coefficient (Wildman–Crippen LogP) is 2.94. The average molecular weight is 335 g/mol. The highest BCUT2D eigenvalue weighted by Crippen LogP contribution is 2.32. The normalized spacial score (nSPS) is 17.0. The molecule has 1 aliphatic carbocycles. The number of nitrogens with one attached hydrogen (secondary N) is 1. The van der Waals surface area contributed by atoms with Crippen LogP contribution in [0.3, 0.4) is 0 Å². The summed E-state index contributed by atoms with van der Waals surface area (Å²) in [6.07, 6.45) is 1.40. The minimum atomic E-state index is -3.53. The lowest BCUT2D eigenvalue weighted by molar-refractivity contribution is 0.414. The van der Waals surface area contributed by atoms with Crippen LogP contribution in [0.4, 0.5) is 4.39 Å². The fraction of sp³-hybridized carbons (Fsp3) is 0.294. The molecule has 2 aromatic rings. The van der Waals surface area contributed by atoms with E-state index in [0.29, 0.717) is 17.7 Å². The maximum absolute atomic E-state index is 13.4. The van der Waals surface area contributed by atoms with Gasteiger partial charge in [-0.25, -0.2) is 17.5 Å². The molecule has 0 bridgehead atoms. The van der Waals surface area contributed by atoms with Crippen LogP contribution in [0.1, 0.15) is 29.2 Å². The molecule has 2 aromatic carbocycles. The third-order valence-corrected chi connectivity index (χ3v) is 5.36. The highest BCUT2D eigenvalue weighted by atomic mass is 32.2. The van der Waals surface area contributed by atoms with Crippen molar-refractivity contribution in [2.75, 3.05) is 7.11 Å². The van der Waals surface area contributed by atoms with Gasteiger partial charge < -0.3 is 4.74 Å². The van der Waals surface area contributed by atoms with Crippen molar-refractivity contribution in [3.05, 3.63) is 65.0 Å². The summed E-state index contributed by atoms with van der Waals surface area (Å²) < 4.78 is 46.0. The molecular formula is C17H18FNO3S. The molecule has 1 atom stereocenters. The first kappa shape index (κ1) is 16.0.